The summed E-state index contributed by atoms with van der Waals surface area (Å²) in [6.45, 7) is 5.10. The first-order valence-corrected chi connectivity index (χ1v) is 7.65. The van der Waals surface area contributed by atoms with Gasteiger partial charge in [-0.05, 0) is 48.8 Å². The van der Waals surface area contributed by atoms with Crippen molar-refractivity contribution in [2.75, 3.05) is 6.61 Å². The highest BCUT2D eigenvalue weighted by Gasteiger charge is 2.29. The fourth-order valence-electron chi connectivity index (χ4n) is 3.02. The van der Waals surface area contributed by atoms with E-state index in [-0.39, 0.29) is 6.10 Å². The van der Waals surface area contributed by atoms with E-state index in [0.29, 0.717) is 5.92 Å². The quantitative estimate of drug-likeness (QED) is 0.826. The van der Waals surface area contributed by atoms with Crippen LogP contribution >= 0.6 is 0 Å². The number of hydrogen-bond donors (Lipinski definition) is 1. The summed E-state index contributed by atoms with van der Waals surface area (Å²) in [5.41, 5.74) is 1.03. The molecule has 1 saturated carbocycles. The Hall–Kier alpha value is -1.02. The van der Waals surface area contributed by atoms with Gasteiger partial charge in [-0.2, -0.15) is 0 Å². The average molecular weight is 262 g/mol. The fourth-order valence-corrected chi connectivity index (χ4v) is 3.02. The van der Waals surface area contributed by atoms with Gasteiger partial charge in [0.15, 0.2) is 0 Å². The Morgan fingerprint density at radius 3 is 2.53 bits per heavy atom. The molecule has 3 atom stereocenters. The maximum absolute atomic E-state index is 10.5. The van der Waals surface area contributed by atoms with Gasteiger partial charge in [-0.1, -0.05) is 38.8 Å². The van der Waals surface area contributed by atoms with Crippen molar-refractivity contribution in [1.82, 2.24) is 0 Å². The van der Waals surface area contributed by atoms with Gasteiger partial charge in [0, 0.05) is 0 Å². The molecule has 0 aromatic heterocycles. The molecule has 1 aliphatic carbocycles. The van der Waals surface area contributed by atoms with Crippen LogP contribution in [0.5, 0.6) is 5.75 Å². The summed E-state index contributed by atoms with van der Waals surface area (Å²) in [7, 11) is 0. The van der Waals surface area contributed by atoms with Gasteiger partial charge in [0.1, 0.15) is 5.75 Å². The summed E-state index contributed by atoms with van der Waals surface area (Å²) in [6.07, 6.45) is 5.56. The van der Waals surface area contributed by atoms with E-state index in [9.17, 15) is 5.11 Å². The summed E-state index contributed by atoms with van der Waals surface area (Å²) in [6, 6.07) is 7.96. The molecule has 1 aromatic carbocycles. The Morgan fingerprint density at radius 2 is 1.95 bits per heavy atom. The van der Waals surface area contributed by atoms with Crippen LogP contribution in [-0.4, -0.2) is 11.7 Å². The monoisotopic (exact) mass is 262 g/mol. The molecule has 3 unspecified atom stereocenters. The molecule has 0 aliphatic heterocycles. The second-order valence-electron chi connectivity index (χ2n) is 5.71. The highest BCUT2D eigenvalue weighted by atomic mass is 16.5. The zero-order valence-corrected chi connectivity index (χ0v) is 12.1. The van der Waals surface area contributed by atoms with Crippen molar-refractivity contribution in [1.29, 1.82) is 0 Å². The van der Waals surface area contributed by atoms with E-state index in [1.807, 2.05) is 24.3 Å². The molecular weight excluding hydrogens is 236 g/mol. The molecule has 19 heavy (non-hydrogen) atoms. The zero-order chi connectivity index (χ0) is 13.7. The molecule has 0 spiro atoms. The van der Waals surface area contributed by atoms with Gasteiger partial charge < -0.3 is 9.84 Å². The standard InChI is InChI=1S/C17H26O2/c1-3-11-19-16-9-7-14(8-10-16)17(18)15-6-5-13(4-2)12-15/h7-10,13,15,17-18H,3-6,11-12H2,1-2H3. The molecule has 0 radical (unpaired) electrons. The van der Waals surface area contributed by atoms with Crippen molar-refractivity contribution in [2.45, 2.75) is 52.1 Å². The molecule has 106 valence electrons. The van der Waals surface area contributed by atoms with Gasteiger partial charge in [0.25, 0.3) is 0 Å². The molecule has 0 heterocycles. The van der Waals surface area contributed by atoms with Gasteiger partial charge in [0.2, 0.25) is 0 Å². The SMILES string of the molecule is CCCOc1ccc(C(O)C2CCC(CC)C2)cc1. The minimum Gasteiger partial charge on any atom is -0.494 e. The van der Waals surface area contributed by atoms with Crippen LogP contribution in [0.1, 0.15) is 57.6 Å². The van der Waals surface area contributed by atoms with Crippen molar-refractivity contribution < 1.29 is 9.84 Å². The first kappa shape index (κ1) is 14.4. The number of ether oxygens (including phenoxy) is 1. The Balaban J connectivity index is 1.94. The van der Waals surface area contributed by atoms with Crippen LogP contribution in [-0.2, 0) is 0 Å². The summed E-state index contributed by atoms with van der Waals surface area (Å²) in [4.78, 5) is 0. The average Bonchev–Trinajstić information content (AvgIpc) is 2.94. The van der Waals surface area contributed by atoms with Crippen molar-refractivity contribution in [3.05, 3.63) is 29.8 Å². The van der Waals surface area contributed by atoms with Crippen LogP contribution in [0.15, 0.2) is 24.3 Å². The number of aliphatic hydroxyl groups excluding tert-OH is 1. The van der Waals surface area contributed by atoms with Crippen molar-refractivity contribution in [3.8, 4) is 5.75 Å². The van der Waals surface area contributed by atoms with Crippen LogP contribution in [0.4, 0.5) is 0 Å². The molecule has 2 heteroatoms. The largest absolute Gasteiger partial charge is 0.494 e. The van der Waals surface area contributed by atoms with E-state index < -0.39 is 0 Å². The lowest BCUT2D eigenvalue weighted by Crippen LogP contribution is -2.09. The first-order valence-electron chi connectivity index (χ1n) is 7.65. The Labute approximate surface area is 116 Å². The lowest BCUT2D eigenvalue weighted by atomic mass is 9.93. The molecule has 2 nitrogen and oxygen atoms in total. The van der Waals surface area contributed by atoms with Gasteiger partial charge in [-0.25, -0.2) is 0 Å². The fraction of sp³-hybridized carbons (Fsp3) is 0.647. The lowest BCUT2D eigenvalue weighted by molar-refractivity contribution is 0.109. The Bertz CT molecular complexity index is 371. The van der Waals surface area contributed by atoms with Crippen LogP contribution in [0.2, 0.25) is 0 Å². The highest BCUT2D eigenvalue weighted by molar-refractivity contribution is 5.29. The minimum absolute atomic E-state index is 0.309. The second-order valence-corrected chi connectivity index (χ2v) is 5.71. The van der Waals surface area contributed by atoms with Crippen LogP contribution in [0.3, 0.4) is 0 Å². The summed E-state index contributed by atoms with van der Waals surface area (Å²) in [5, 5.41) is 10.5. The number of hydrogen-bond acceptors (Lipinski definition) is 2. The number of aliphatic hydroxyl groups is 1. The van der Waals surface area contributed by atoms with Crippen LogP contribution in [0.25, 0.3) is 0 Å². The summed E-state index contributed by atoms with van der Waals surface area (Å²) in [5.74, 6) is 2.15. The van der Waals surface area contributed by atoms with E-state index >= 15 is 0 Å². The van der Waals surface area contributed by atoms with Crippen LogP contribution in [0, 0.1) is 11.8 Å². The molecule has 1 N–H and O–H groups in total. The van der Waals surface area contributed by atoms with Crippen LogP contribution < -0.4 is 4.74 Å². The maximum atomic E-state index is 10.5. The molecule has 1 aliphatic rings. The lowest BCUT2D eigenvalue weighted by Gasteiger charge is -2.19. The summed E-state index contributed by atoms with van der Waals surface area (Å²) < 4.78 is 5.57. The molecule has 1 aromatic rings. The van der Waals surface area contributed by atoms with Gasteiger partial charge in [0.05, 0.1) is 12.7 Å². The predicted molar refractivity (Wildman–Crippen MR) is 78.3 cm³/mol. The number of benzene rings is 1. The smallest absolute Gasteiger partial charge is 0.119 e. The van der Waals surface area contributed by atoms with E-state index in [1.165, 1.54) is 19.3 Å². The minimum atomic E-state index is -0.309. The molecule has 0 amide bonds. The molecule has 1 fully saturated rings. The van der Waals surface area contributed by atoms with Gasteiger partial charge in [-0.15, -0.1) is 0 Å². The highest BCUT2D eigenvalue weighted by Crippen LogP contribution is 2.40. The van der Waals surface area contributed by atoms with Crippen molar-refractivity contribution in [3.63, 3.8) is 0 Å². The second kappa shape index (κ2) is 6.95. The summed E-state index contributed by atoms with van der Waals surface area (Å²) >= 11 is 0. The topological polar surface area (TPSA) is 29.5 Å². The molecule has 2 rings (SSSR count). The normalized spacial score (nSPS) is 24.4. The third-order valence-corrected chi connectivity index (χ3v) is 4.30. The van der Waals surface area contributed by atoms with E-state index in [0.717, 1.165) is 36.7 Å². The van der Waals surface area contributed by atoms with E-state index in [4.69, 9.17) is 4.74 Å². The van der Waals surface area contributed by atoms with E-state index in [1.54, 1.807) is 0 Å². The maximum Gasteiger partial charge on any atom is 0.119 e. The van der Waals surface area contributed by atoms with E-state index in [2.05, 4.69) is 13.8 Å². The van der Waals surface area contributed by atoms with Gasteiger partial charge >= 0.3 is 0 Å². The molecule has 0 bridgehead atoms. The predicted octanol–water partition coefficient (Wildman–Crippen LogP) is 4.34. The van der Waals surface area contributed by atoms with Gasteiger partial charge in [-0.3, -0.25) is 0 Å². The third-order valence-electron chi connectivity index (χ3n) is 4.30. The Kier molecular flexibility index (Phi) is 5.26. The first-order chi connectivity index (χ1) is 9.24. The Morgan fingerprint density at radius 1 is 1.21 bits per heavy atom. The molecule has 0 saturated heterocycles. The van der Waals surface area contributed by atoms with Crippen molar-refractivity contribution in [2.24, 2.45) is 11.8 Å². The zero-order valence-electron chi connectivity index (χ0n) is 12.1. The van der Waals surface area contributed by atoms with Crippen molar-refractivity contribution >= 4 is 0 Å². The molecular formula is C17H26O2. The third kappa shape index (κ3) is 3.73. The number of rotatable bonds is 6.